The van der Waals surface area contributed by atoms with Crippen LogP contribution in [0.5, 0.6) is 0 Å². The minimum Gasteiger partial charge on any atom is -0.269 e. The SMILES string of the molecule is CC1=CCC[C@H]1CC(=O)N=O. The Labute approximate surface area is 65.5 Å². The monoisotopic (exact) mass is 153 g/mol. The second-order valence-corrected chi connectivity index (χ2v) is 2.91. The Morgan fingerprint density at radius 3 is 3.00 bits per heavy atom. The van der Waals surface area contributed by atoms with E-state index in [2.05, 4.69) is 11.3 Å². The number of amides is 1. The zero-order chi connectivity index (χ0) is 8.27. The van der Waals surface area contributed by atoms with Crippen LogP contribution in [0, 0.1) is 10.8 Å². The lowest BCUT2D eigenvalue weighted by atomic mass is 9.99. The van der Waals surface area contributed by atoms with Crippen LogP contribution in [0.1, 0.15) is 26.2 Å². The Morgan fingerprint density at radius 2 is 2.55 bits per heavy atom. The van der Waals surface area contributed by atoms with Crippen molar-refractivity contribution in [2.45, 2.75) is 26.2 Å². The van der Waals surface area contributed by atoms with Crippen molar-refractivity contribution in [3.05, 3.63) is 16.6 Å². The molecule has 3 nitrogen and oxygen atoms in total. The molecule has 0 radical (unpaired) electrons. The van der Waals surface area contributed by atoms with Gasteiger partial charge in [-0.15, -0.1) is 4.91 Å². The highest BCUT2D eigenvalue weighted by Gasteiger charge is 2.18. The molecule has 0 N–H and O–H groups in total. The van der Waals surface area contributed by atoms with E-state index < -0.39 is 5.91 Å². The number of hydrogen-bond acceptors (Lipinski definition) is 2. The van der Waals surface area contributed by atoms with Crippen LogP contribution in [0.3, 0.4) is 0 Å². The first kappa shape index (κ1) is 8.11. The van der Waals surface area contributed by atoms with E-state index >= 15 is 0 Å². The third kappa shape index (κ3) is 1.97. The molecule has 0 bridgehead atoms. The number of carbonyl (C=O) groups is 1. The Hall–Kier alpha value is -0.990. The van der Waals surface area contributed by atoms with Gasteiger partial charge in [0.1, 0.15) is 0 Å². The molecule has 3 heteroatoms. The van der Waals surface area contributed by atoms with Gasteiger partial charge in [0.15, 0.2) is 0 Å². The van der Waals surface area contributed by atoms with Crippen LogP contribution in [0.15, 0.2) is 16.8 Å². The molecule has 1 aliphatic rings. The van der Waals surface area contributed by atoms with Crippen molar-refractivity contribution in [1.29, 1.82) is 0 Å². The molecule has 0 spiro atoms. The normalized spacial score (nSPS) is 23.0. The van der Waals surface area contributed by atoms with E-state index in [-0.39, 0.29) is 5.92 Å². The third-order valence-electron chi connectivity index (χ3n) is 2.15. The van der Waals surface area contributed by atoms with Gasteiger partial charge >= 0.3 is 0 Å². The smallest absolute Gasteiger partial charge is 0.269 e. The summed E-state index contributed by atoms with van der Waals surface area (Å²) >= 11 is 0. The average molecular weight is 153 g/mol. The quantitative estimate of drug-likeness (QED) is 0.450. The van der Waals surface area contributed by atoms with Crippen molar-refractivity contribution in [2.75, 3.05) is 0 Å². The topological polar surface area (TPSA) is 46.5 Å². The lowest BCUT2D eigenvalue weighted by Gasteiger charge is -2.06. The summed E-state index contributed by atoms with van der Waals surface area (Å²) in [4.78, 5) is 20.4. The minimum absolute atomic E-state index is 0.278. The molecule has 0 fully saturated rings. The van der Waals surface area contributed by atoms with Crippen molar-refractivity contribution in [2.24, 2.45) is 11.1 Å². The second kappa shape index (κ2) is 3.42. The summed E-state index contributed by atoms with van der Waals surface area (Å²) in [5, 5.41) is 2.37. The number of hydrogen-bond donors (Lipinski definition) is 0. The maximum absolute atomic E-state index is 10.6. The van der Waals surface area contributed by atoms with Crippen molar-refractivity contribution in [3.8, 4) is 0 Å². The molecule has 0 unspecified atom stereocenters. The van der Waals surface area contributed by atoms with Crippen LogP contribution in [0.2, 0.25) is 0 Å². The maximum Gasteiger partial charge on any atom is 0.286 e. The van der Waals surface area contributed by atoms with Gasteiger partial charge in [-0.25, -0.2) is 0 Å². The molecule has 1 aliphatic carbocycles. The van der Waals surface area contributed by atoms with Gasteiger partial charge in [0, 0.05) is 11.6 Å². The summed E-state index contributed by atoms with van der Waals surface area (Å²) in [5.74, 6) is -0.246. The van der Waals surface area contributed by atoms with Gasteiger partial charge in [-0.3, -0.25) is 4.79 Å². The molecule has 0 saturated carbocycles. The lowest BCUT2D eigenvalue weighted by molar-refractivity contribution is -0.118. The fourth-order valence-corrected chi connectivity index (χ4v) is 1.42. The number of nitroso groups, excluding NO2 is 1. The Bertz CT molecular complexity index is 208. The molecule has 60 valence electrons. The molecule has 0 aliphatic heterocycles. The maximum atomic E-state index is 10.6. The van der Waals surface area contributed by atoms with Crippen LogP contribution < -0.4 is 0 Å². The zero-order valence-corrected chi connectivity index (χ0v) is 6.54. The summed E-state index contributed by atoms with van der Waals surface area (Å²) in [6, 6.07) is 0. The number of nitrogens with zero attached hydrogens (tertiary/aromatic N) is 1. The summed E-state index contributed by atoms with van der Waals surface area (Å²) < 4.78 is 0. The van der Waals surface area contributed by atoms with E-state index in [0.717, 1.165) is 12.8 Å². The molecule has 0 aromatic heterocycles. The highest BCUT2D eigenvalue weighted by Crippen LogP contribution is 2.28. The predicted octanol–water partition coefficient (Wildman–Crippen LogP) is 2.03. The van der Waals surface area contributed by atoms with Gasteiger partial charge in [-0.05, 0) is 25.7 Å². The summed E-state index contributed by atoms with van der Waals surface area (Å²) in [5.41, 5.74) is 1.22. The van der Waals surface area contributed by atoms with Crippen LogP contribution in [-0.4, -0.2) is 5.91 Å². The van der Waals surface area contributed by atoms with E-state index in [4.69, 9.17) is 0 Å². The van der Waals surface area contributed by atoms with Crippen molar-refractivity contribution in [1.82, 2.24) is 0 Å². The molecular weight excluding hydrogens is 142 g/mol. The largest absolute Gasteiger partial charge is 0.286 e. The number of allylic oxidation sites excluding steroid dienone is 2. The van der Waals surface area contributed by atoms with Gasteiger partial charge in [-0.2, -0.15) is 0 Å². The Kier molecular flexibility index (Phi) is 2.52. The molecule has 11 heavy (non-hydrogen) atoms. The van der Waals surface area contributed by atoms with E-state index in [9.17, 15) is 9.70 Å². The molecule has 0 heterocycles. The Morgan fingerprint density at radius 1 is 1.82 bits per heavy atom. The zero-order valence-electron chi connectivity index (χ0n) is 6.54. The molecule has 1 amide bonds. The standard InChI is InChI=1S/C8H11NO2/c1-6-3-2-4-7(6)5-8(10)9-11/h3,7H,2,4-5H2,1H3/t7-/m0/s1. The van der Waals surface area contributed by atoms with Crippen molar-refractivity contribution in [3.63, 3.8) is 0 Å². The van der Waals surface area contributed by atoms with Gasteiger partial charge in [0.25, 0.3) is 5.91 Å². The first-order valence-electron chi connectivity index (χ1n) is 3.77. The van der Waals surface area contributed by atoms with E-state index in [1.54, 1.807) is 0 Å². The fourth-order valence-electron chi connectivity index (χ4n) is 1.42. The second-order valence-electron chi connectivity index (χ2n) is 2.91. The van der Waals surface area contributed by atoms with Gasteiger partial charge in [0.05, 0.1) is 0 Å². The molecule has 0 aromatic rings. The lowest BCUT2D eigenvalue weighted by Crippen LogP contribution is -2.03. The Balaban J connectivity index is 2.44. The van der Waals surface area contributed by atoms with Gasteiger partial charge < -0.3 is 0 Å². The van der Waals surface area contributed by atoms with Crippen molar-refractivity contribution >= 4 is 5.91 Å². The highest BCUT2D eigenvalue weighted by molar-refractivity contribution is 5.77. The summed E-state index contributed by atoms with van der Waals surface area (Å²) in [6.45, 7) is 2.00. The summed E-state index contributed by atoms with van der Waals surface area (Å²) in [6.07, 6.45) is 4.43. The van der Waals surface area contributed by atoms with Crippen molar-refractivity contribution < 1.29 is 4.79 Å². The third-order valence-corrected chi connectivity index (χ3v) is 2.15. The molecule has 1 rings (SSSR count). The number of rotatable bonds is 2. The average Bonchev–Trinajstić information content (AvgIpc) is 2.37. The molecule has 0 aromatic carbocycles. The van der Waals surface area contributed by atoms with Gasteiger partial charge in [-0.1, -0.05) is 11.6 Å². The molecular formula is C8H11NO2. The molecule has 1 atom stereocenters. The van der Waals surface area contributed by atoms with E-state index in [0.29, 0.717) is 6.42 Å². The van der Waals surface area contributed by atoms with E-state index in [1.807, 2.05) is 6.92 Å². The van der Waals surface area contributed by atoms with Gasteiger partial charge in [0.2, 0.25) is 0 Å². The minimum atomic E-state index is -0.523. The highest BCUT2D eigenvalue weighted by atomic mass is 16.3. The van der Waals surface area contributed by atoms with E-state index in [1.165, 1.54) is 5.57 Å². The predicted molar refractivity (Wildman–Crippen MR) is 41.9 cm³/mol. The molecule has 0 saturated heterocycles. The first-order chi connectivity index (χ1) is 5.24. The van der Waals surface area contributed by atoms with Crippen LogP contribution >= 0.6 is 0 Å². The summed E-state index contributed by atoms with van der Waals surface area (Å²) in [7, 11) is 0. The first-order valence-corrected chi connectivity index (χ1v) is 3.77. The van der Waals surface area contributed by atoms with Crippen LogP contribution in [0.25, 0.3) is 0 Å². The number of carbonyl (C=O) groups excluding carboxylic acids is 1. The van der Waals surface area contributed by atoms with Crippen LogP contribution in [0.4, 0.5) is 0 Å². The van der Waals surface area contributed by atoms with Crippen LogP contribution in [-0.2, 0) is 4.79 Å². The fraction of sp³-hybridized carbons (Fsp3) is 0.625.